The predicted molar refractivity (Wildman–Crippen MR) is 75.9 cm³/mol. The van der Waals surface area contributed by atoms with Gasteiger partial charge in [0.2, 0.25) is 0 Å². The first-order valence-electron chi connectivity index (χ1n) is 6.47. The molecular formula is C15H21BrO. The Morgan fingerprint density at radius 3 is 2.53 bits per heavy atom. The van der Waals surface area contributed by atoms with Gasteiger partial charge in [-0.2, -0.15) is 0 Å². The summed E-state index contributed by atoms with van der Waals surface area (Å²) < 4.78 is 5.92. The van der Waals surface area contributed by atoms with Crippen molar-refractivity contribution < 1.29 is 4.74 Å². The van der Waals surface area contributed by atoms with Crippen LogP contribution in [-0.4, -0.2) is 17.5 Å². The zero-order chi connectivity index (χ0) is 12.3. The molecule has 1 heterocycles. The van der Waals surface area contributed by atoms with Gasteiger partial charge in [0.25, 0.3) is 0 Å². The fourth-order valence-corrected chi connectivity index (χ4v) is 3.14. The van der Waals surface area contributed by atoms with Gasteiger partial charge in [0, 0.05) is 5.33 Å². The Hall–Kier alpha value is -0.340. The van der Waals surface area contributed by atoms with Crippen LogP contribution in [0.2, 0.25) is 0 Å². The molecule has 0 N–H and O–H groups in total. The predicted octanol–water partition coefficient (Wildman–Crippen LogP) is 4.43. The third kappa shape index (κ3) is 3.56. The molecule has 1 fully saturated rings. The first kappa shape index (κ1) is 13.1. The normalized spacial score (nSPS) is 26.1. The molecule has 2 heteroatoms. The van der Waals surface area contributed by atoms with Crippen LogP contribution in [0.15, 0.2) is 24.3 Å². The molecule has 1 aliphatic heterocycles. The van der Waals surface area contributed by atoms with Gasteiger partial charge < -0.3 is 4.74 Å². The highest BCUT2D eigenvalue weighted by molar-refractivity contribution is 9.09. The van der Waals surface area contributed by atoms with Gasteiger partial charge in [0.1, 0.15) is 0 Å². The standard InChI is InChI=1S/C15H21BrO/c1-11-3-6-13(7-4-11)14(10-16)9-15-8-5-12(2)17-15/h3-4,6-7,12,14-15H,5,8-10H2,1-2H3. The minimum atomic E-state index is 0.453. The SMILES string of the molecule is Cc1ccc(C(CBr)CC2CCC(C)O2)cc1. The topological polar surface area (TPSA) is 9.23 Å². The first-order chi connectivity index (χ1) is 8.19. The van der Waals surface area contributed by atoms with Crippen LogP contribution in [-0.2, 0) is 4.74 Å². The molecule has 0 aromatic heterocycles. The van der Waals surface area contributed by atoms with Crippen LogP contribution in [0.25, 0.3) is 0 Å². The zero-order valence-corrected chi connectivity index (χ0v) is 12.2. The van der Waals surface area contributed by atoms with Gasteiger partial charge in [-0.05, 0) is 44.6 Å². The van der Waals surface area contributed by atoms with Crippen molar-refractivity contribution in [2.75, 3.05) is 5.33 Å². The van der Waals surface area contributed by atoms with E-state index in [4.69, 9.17) is 4.74 Å². The number of aryl methyl sites for hydroxylation is 1. The van der Waals surface area contributed by atoms with E-state index in [1.807, 2.05) is 0 Å². The van der Waals surface area contributed by atoms with Crippen LogP contribution >= 0.6 is 15.9 Å². The second kappa shape index (κ2) is 6.01. The van der Waals surface area contributed by atoms with Gasteiger partial charge in [-0.15, -0.1) is 0 Å². The van der Waals surface area contributed by atoms with Crippen molar-refractivity contribution >= 4 is 15.9 Å². The second-order valence-electron chi connectivity index (χ2n) is 5.14. The highest BCUT2D eigenvalue weighted by Gasteiger charge is 2.25. The van der Waals surface area contributed by atoms with Crippen molar-refractivity contribution in [2.45, 2.75) is 51.2 Å². The van der Waals surface area contributed by atoms with Crippen molar-refractivity contribution in [1.29, 1.82) is 0 Å². The molecule has 17 heavy (non-hydrogen) atoms. The Morgan fingerprint density at radius 1 is 1.29 bits per heavy atom. The number of benzene rings is 1. The zero-order valence-electron chi connectivity index (χ0n) is 10.7. The summed E-state index contributed by atoms with van der Waals surface area (Å²) in [6.45, 7) is 4.31. The third-order valence-corrected chi connectivity index (χ3v) is 4.38. The molecule has 0 amide bonds. The lowest BCUT2D eigenvalue weighted by Crippen LogP contribution is -2.14. The van der Waals surface area contributed by atoms with E-state index in [0.717, 1.165) is 11.8 Å². The fraction of sp³-hybridized carbons (Fsp3) is 0.600. The van der Waals surface area contributed by atoms with Crippen LogP contribution < -0.4 is 0 Å². The van der Waals surface area contributed by atoms with Crippen LogP contribution in [0.5, 0.6) is 0 Å². The van der Waals surface area contributed by atoms with Crippen molar-refractivity contribution in [2.24, 2.45) is 0 Å². The number of rotatable bonds is 4. The maximum Gasteiger partial charge on any atom is 0.0585 e. The molecule has 0 aliphatic carbocycles. The van der Waals surface area contributed by atoms with Gasteiger partial charge in [-0.1, -0.05) is 45.8 Å². The molecule has 0 spiro atoms. The lowest BCUT2D eigenvalue weighted by molar-refractivity contribution is 0.0479. The maximum atomic E-state index is 5.92. The van der Waals surface area contributed by atoms with Crippen molar-refractivity contribution in [3.63, 3.8) is 0 Å². The summed E-state index contributed by atoms with van der Waals surface area (Å²) in [6, 6.07) is 8.89. The lowest BCUT2D eigenvalue weighted by Gasteiger charge is -2.19. The fourth-order valence-electron chi connectivity index (χ4n) is 2.50. The summed E-state index contributed by atoms with van der Waals surface area (Å²) in [4.78, 5) is 0. The molecule has 0 radical (unpaired) electrons. The Labute approximate surface area is 113 Å². The lowest BCUT2D eigenvalue weighted by atomic mass is 9.93. The van der Waals surface area contributed by atoms with Crippen LogP contribution in [0.3, 0.4) is 0 Å². The van der Waals surface area contributed by atoms with Gasteiger partial charge >= 0.3 is 0 Å². The van der Waals surface area contributed by atoms with E-state index < -0.39 is 0 Å². The monoisotopic (exact) mass is 296 g/mol. The minimum absolute atomic E-state index is 0.453. The number of halogens is 1. The molecule has 3 unspecified atom stereocenters. The van der Waals surface area contributed by atoms with Gasteiger partial charge in [-0.25, -0.2) is 0 Å². The molecule has 1 aromatic rings. The summed E-state index contributed by atoms with van der Waals surface area (Å²) in [6.07, 6.45) is 4.48. The minimum Gasteiger partial charge on any atom is -0.375 e. The Balaban J connectivity index is 1.98. The summed E-state index contributed by atoms with van der Waals surface area (Å²) in [5.41, 5.74) is 2.75. The number of ether oxygens (including phenoxy) is 1. The van der Waals surface area contributed by atoms with Gasteiger partial charge in [0.15, 0.2) is 0 Å². The Kier molecular flexibility index (Phi) is 4.63. The highest BCUT2D eigenvalue weighted by Crippen LogP contribution is 2.30. The van der Waals surface area contributed by atoms with Crippen molar-refractivity contribution in [3.05, 3.63) is 35.4 Å². The number of alkyl halides is 1. The summed E-state index contributed by atoms with van der Waals surface area (Å²) in [5.74, 6) is 0.575. The van der Waals surface area contributed by atoms with Crippen LogP contribution in [0.4, 0.5) is 0 Å². The molecule has 1 aliphatic rings. The molecule has 1 nitrogen and oxygen atoms in total. The largest absolute Gasteiger partial charge is 0.375 e. The van der Waals surface area contributed by atoms with Crippen LogP contribution in [0.1, 0.15) is 43.2 Å². The van der Waals surface area contributed by atoms with Gasteiger partial charge in [-0.3, -0.25) is 0 Å². The van der Waals surface area contributed by atoms with E-state index in [9.17, 15) is 0 Å². The maximum absolute atomic E-state index is 5.92. The molecule has 2 rings (SSSR count). The summed E-state index contributed by atoms with van der Waals surface area (Å²) in [5, 5.41) is 1.02. The molecule has 0 saturated carbocycles. The number of hydrogen-bond acceptors (Lipinski definition) is 1. The van der Waals surface area contributed by atoms with E-state index in [1.165, 1.54) is 24.0 Å². The van der Waals surface area contributed by atoms with E-state index in [0.29, 0.717) is 18.1 Å². The molecule has 0 bridgehead atoms. The van der Waals surface area contributed by atoms with E-state index in [1.54, 1.807) is 0 Å². The van der Waals surface area contributed by atoms with Crippen molar-refractivity contribution in [3.8, 4) is 0 Å². The number of hydrogen-bond donors (Lipinski definition) is 0. The van der Waals surface area contributed by atoms with E-state index >= 15 is 0 Å². The smallest absolute Gasteiger partial charge is 0.0585 e. The van der Waals surface area contributed by atoms with E-state index in [2.05, 4.69) is 54.0 Å². The third-order valence-electron chi connectivity index (χ3n) is 3.60. The van der Waals surface area contributed by atoms with Gasteiger partial charge in [0.05, 0.1) is 12.2 Å². The molecular weight excluding hydrogens is 276 g/mol. The Morgan fingerprint density at radius 2 is 2.00 bits per heavy atom. The molecule has 3 atom stereocenters. The second-order valence-corrected chi connectivity index (χ2v) is 5.79. The average molecular weight is 297 g/mol. The quantitative estimate of drug-likeness (QED) is 0.747. The summed E-state index contributed by atoms with van der Waals surface area (Å²) in [7, 11) is 0. The summed E-state index contributed by atoms with van der Waals surface area (Å²) >= 11 is 3.64. The average Bonchev–Trinajstić information content (AvgIpc) is 2.73. The van der Waals surface area contributed by atoms with Crippen molar-refractivity contribution in [1.82, 2.24) is 0 Å². The molecule has 1 saturated heterocycles. The molecule has 94 valence electrons. The van der Waals surface area contributed by atoms with E-state index in [-0.39, 0.29) is 0 Å². The molecule has 1 aromatic carbocycles. The highest BCUT2D eigenvalue weighted by atomic mass is 79.9. The first-order valence-corrected chi connectivity index (χ1v) is 7.59. The van der Waals surface area contributed by atoms with Crippen LogP contribution in [0, 0.1) is 6.92 Å². The Bertz CT molecular complexity index is 346.